The van der Waals surface area contributed by atoms with Crippen LogP contribution in [0.5, 0.6) is 0 Å². The van der Waals surface area contributed by atoms with Crippen LogP contribution in [0.3, 0.4) is 0 Å². The quantitative estimate of drug-likeness (QED) is 0.457. The molecule has 0 aromatic heterocycles. The first kappa shape index (κ1) is 16.4. The standard InChI is InChI=1S/C17H28O4/c1-3-18-11-13-20-15-7-5-9-17(15)10-6-8-16(17)21-14-12-19-4-2/h3-4,15-16H,1-2,5-14H2. The molecule has 4 nitrogen and oxygen atoms in total. The van der Waals surface area contributed by atoms with Crippen LogP contribution in [0.1, 0.15) is 38.5 Å². The summed E-state index contributed by atoms with van der Waals surface area (Å²) in [5.74, 6) is 0. The molecule has 2 aliphatic carbocycles. The summed E-state index contributed by atoms with van der Waals surface area (Å²) in [5.41, 5.74) is 0.211. The summed E-state index contributed by atoms with van der Waals surface area (Å²) in [4.78, 5) is 0. The van der Waals surface area contributed by atoms with Crippen LogP contribution in [0.4, 0.5) is 0 Å². The Morgan fingerprint density at radius 3 is 1.71 bits per heavy atom. The molecule has 2 aliphatic rings. The van der Waals surface area contributed by atoms with Gasteiger partial charge in [-0.25, -0.2) is 0 Å². The molecule has 0 N–H and O–H groups in total. The number of ether oxygens (including phenoxy) is 4. The summed E-state index contributed by atoms with van der Waals surface area (Å²) >= 11 is 0. The molecule has 0 aromatic rings. The van der Waals surface area contributed by atoms with Crippen LogP contribution < -0.4 is 0 Å². The summed E-state index contributed by atoms with van der Waals surface area (Å²) in [6.45, 7) is 9.51. The molecule has 0 saturated heterocycles. The average Bonchev–Trinajstić information content (AvgIpc) is 3.09. The molecule has 0 amide bonds. The van der Waals surface area contributed by atoms with E-state index in [0.29, 0.717) is 38.6 Å². The largest absolute Gasteiger partial charge is 0.499 e. The van der Waals surface area contributed by atoms with E-state index in [1.54, 1.807) is 0 Å². The molecular formula is C17H28O4. The Balaban J connectivity index is 1.84. The molecule has 120 valence electrons. The minimum absolute atomic E-state index is 0.211. The number of hydrogen-bond acceptors (Lipinski definition) is 4. The third-order valence-electron chi connectivity index (χ3n) is 4.78. The van der Waals surface area contributed by atoms with Crippen molar-refractivity contribution >= 4 is 0 Å². The van der Waals surface area contributed by atoms with Crippen molar-refractivity contribution < 1.29 is 18.9 Å². The minimum atomic E-state index is 0.211. The van der Waals surface area contributed by atoms with E-state index >= 15 is 0 Å². The van der Waals surface area contributed by atoms with Crippen molar-refractivity contribution in [2.75, 3.05) is 26.4 Å². The Kier molecular flexibility index (Phi) is 6.58. The summed E-state index contributed by atoms with van der Waals surface area (Å²) in [7, 11) is 0. The fourth-order valence-corrected chi connectivity index (χ4v) is 3.93. The Morgan fingerprint density at radius 1 is 0.810 bits per heavy atom. The molecule has 2 fully saturated rings. The second-order valence-corrected chi connectivity index (χ2v) is 5.81. The maximum atomic E-state index is 6.10. The highest BCUT2D eigenvalue weighted by Gasteiger charge is 2.52. The fourth-order valence-electron chi connectivity index (χ4n) is 3.93. The zero-order chi connectivity index (χ0) is 15.0. The van der Waals surface area contributed by atoms with Gasteiger partial charge in [-0.05, 0) is 25.7 Å². The summed E-state index contributed by atoms with van der Waals surface area (Å²) in [6, 6.07) is 0. The van der Waals surface area contributed by atoms with Crippen LogP contribution in [-0.2, 0) is 18.9 Å². The smallest absolute Gasteiger partial charge is 0.111 e. The molecule has 2 unspecified atom stereocenters. The summed E-state index contributed by atoms with van der Waals surface area (Å²) < 4.78 is 22.5. The van der Waals surface area contributed by atoms with Gasteiger partial charge < -0.3 is 18.9 Å². The maximum Gasteiger partial charge on any atom is 0.111 e. The van der Waals surface area contributed by atoms with Crippen LogP contribution >= 0.6 is 0 Å². The minimum Gasteiger partial charge on any atom is -0.499 e. The topological polar surface area (TPSA) is 36.9 Å². The van der Waals surface area contributed by atoms with E-state index in [9.17, 15) is 0 Å². The van der Waals surface area contributed by atoms with Gasteiger partial charge in [-0.3, -0.25) is 0 Å². The van der Waals surface area contributed by atoms with Crippen molar-refractivity contribution in [3.63, 3.8) is 0 Å². The molecular weight excluding hydrogens is 268 g/mol. The molecule has 2 saturated carbocycles. The number of hydrogen-bond donors (Lipinski definition) is 0. The predicted molar refractivity (Wildman–Crippen MR) is 81.9 cm³/mol. The van der Waals surface area contributed by atoms with E-state index in [1.165, 1.54) is 38.2 Å². The Labute approximate surface area is 128 Å². The van der Waals surface area contributed by atoms with E-state index in [0.717, 1.165) is 12.8 Å². The molecule has 2 rings (SSSR count). The van der Waals surface area contributed by atoms with Crippen LogP contribution in [0.2, 0.25) is 0 Å². The van der Waals surface area contributed by atoms with Crippen molar-refractivity contribution in [2.45, 2.75) is 50.7 Å². The van der Waals surface area contributed by atoms with Crippen molar-refractivity contribution in [3.05, 3.63) is 25.7 Å². The van der Waals surface area contributed by atoms with Gasteiger partial charge in [0.1, 0.15) is 13.2 Å². The number of rotatable bonds is 10. The van der Waals surface area contributed by atoms with Crippen LogP contribution in [0.25, 0.3) is 0 Å². The Bertz CT molecular complexity index is 297. The van der Waals surface area contributed by atoms with E-state index in [4.69, 9.17) is 18.9 Å². The predicted octanol–water partition coefficient (Wildman–Crippen LogP) is 3.43. The molecule has 2 atom stereocenters. The van der Waals surface area contributed by atoms with E-state index in [2.05, 4.69) is 13.2 Å². The van der Waals surface area contributed by atoms with E-state index in [-0.39, 0.29) is 5.41 Å². The summed E-state index contributed by atoms with van der Waals surface area (Å²) in [5, 5.41) is 0. The average molecular weight is 296 g/mol. The molecule has 0 heterocycles. The molecule has 0 aromatic carbocycles. The van der Waals surface area contributed by atoms with Crippen LogP contribution in [0, 0.1) is 5.41 Å². The van der Waals surface area contributed by atoms with E-state index in [1.807, 2.05) is 0 Å². The lowest BCUT2D eigenvalue weighted by Gasteiger charge is -2.37. The van der Waals surface area contributed by atoms with Crippen molar-refractivity contribution in [3.8, 4) is 0 Å². The SMILES string of the molecule is C=COCCOC1CCCC12CCCC2OCCOC=C. The third-order valence-corrected chi connectivity index (χ3v) is 4.78. The lowest BCUT2D eigenvalue weighted by atomic mass is 9.80. The highest BCUT2D eigenvalue weighted by atomic mass is 16.5. The zero-order valence-corrected chi connectivity index (χ0v) is 12.9. The van der Waals surface area contributed by atoms with Crippen molar-refractivity contribution in [1.29, 1.82) is 0 Å². The van der Waals surface area contributed by atoms with Gasteiger partial charge in [0, 0.05) is 5.41 Å². The molecule has 21 heavy (non-hydrogen) atoms. The maximum absolute atomic E-state index is 6.10. The molecule has 0 aliphatic heterocycles. The Hall–Kier alpha value is -1.00. The van der Waals surface area contributed by atoms with Gasteiger partial charge in [-0.2, -0.15) is 0 Å². The van der Waals surface area contributed by atoms with Gasteiger partial charge in [0.2, 0.25) is 0 Å². The first-order chi connectivity index (χ1) is 10.3. The highest BCUT2D eigenvalue weighted by Crippen LogP contribution is 2.53. The van der Waals surface area contributed by atoms with Gasteiger partial charge in [-0.15, -0.1) is 0 Å². The van der Waals surface area contributed by atoms with Crippen LogP contribution in [-0.4, -0.2) is 38.6 Å². The second kappa shape index (κ2) is 8.44. The van der Waals surface area contributed by atoms with Crippen molar-refractivity contribution in [2.24, 2.45) is 5.41 Å². The first-order valence-electron chi connectivity index (χ1n) is 8.01. The lowest BCUT2D eigenvalue weighted by Crippen LogP contribution is -2.41. The van der Waals surface area contributed by atoms with Gasteiger partial charge >= 0.3 is 0 Å². The highest BCUT2D eigenvalue weighted by molar-refractivity contribution is 5.02. The zero-order valence-electron chi connectivity index (χ0n) is 12.9. The lowest BCUT2D eigenvalue weighted by molar-refractivity contribution is -0.105. The molecule has 4 heteroatoms. The Morgan fingerprint density at radius 2 is 1.29 bits per heavy atom. The van der Waals surface area contributed by atoms with Crippen molar-refractivity contribution in [1.82, 2.24) is 0 Å². The third kappa shape index (κ3) is 4.01. The summed E-state index contributed by atoms with van der Waals surface area (Å²) in [6.07, 6.45) is 10.7. The molecule has 0 radical (unpaired) electrons. The molecule has 0 bridgehead atoms. The van der Waals surface area contributed by atoms with E-state index < -0.39 is 0 Å². The van der Waals surface area contributed by atoms with Gasteiger partial charge in [-0.1, -0.05) is 26.0 Å². The fraction of sp³-hybridized carbons (Fsp3) is 0.765. The first-order valence-corrected chi connectivity index (χ1v) is 8.01. The molecule has 1 spiro atoms. The van der Waals surface area contributed by atoms with Gasteiger partial charge in [0.25, 0.3) is 0 Å². The van der Waals surface area contributed by atoms with Gasteiger partial charge in [0.05, 0.1) is 37.9 Å². The monoisotopic (exact) mass is 296 g/mol. The van der Waals surface area contributed by atoms with Gasteiger partial charge in [0.15, 0.2) is 0 Å². The van der Waals surface area contributed by atoms with Crippen LogP contribution in [0.15, 0.2) is 25.7 Å². The normalized spacial score (nSPS) is 31.4. The second-order valence-electron chi connectivity index (χ2n) is 5.81.